The Morgan fingerprint density at radius 2 is 2.00 bits per heavy atom. The molecular weight excluding hydrogens is 462 g/mol. The lowest BCUT2D eigenvalue weighted by molar-refractivity contribution is -0.131. The summed E-state index contributed by atoms with van der Waals surface area (Å²) in [7, 11) is 1.55. The van der Waals surface area contributed by atoms with E-state index in [-0.39, 0.29) is 31.3 Å². The third-order valence-corrected chi connectivity index (χ3v) is 6.77. The van der Waals surface area contributed by atoms with Gasteiger partial charge in [-0.2, -0.15) is 0 Å². The molecule has 2 amide bonds. The van der Waals surface area contributed by atoms with Gasteiger partial charge in [-0.05, 0) is 23.6 Å². The van der Waals surface area contributed by atoms with E-state index in [2.05, 4.69) is 4.98 Å². The molecule has 0 saturated heterocycles. The van der Waals surface area contributed by atoms with Gasteiger partial charge in [-0.1, -0.05) is 24.3 Å². The number of hydrogen-bond donors (Lipinski definition) is 2. The third kappa shape index (κ3) is 5.31. The van der Waals surface area contributed by atoms with Gasteiger partial charge in [0.25, 0.3) is 5.91 Å². The smallest absolute Gasteiger partial charge is 0.270 e. The molecule has 0 saturated carbocycles. The van der Waals surface area contributed by atoms with Crippen molar-refractivity contribution in [1.82, 2.24) is 9.88 Å². The Balaban J connectivity index is 1.55. The lowest BCUT2D eigenvalue weighted by Crippen LogP contribution is -2.39. The fourth-order valence-electron chi connectivity index (χ4n) is 3.30. The lowest BCUT2D eigenvalue weighted by atomic mass is 10.2. The molecular formula is C23H23N3O5S2. The van der Waals surface area contributed by atoms with Gasteiger partial charge in [0.2, 0.25) is 5.91 Å². The van der Waals surface area contributed by atoms with Crippen LogP contribution in [0, 0.1) is 0 Å². The van der Waals surface area contributed by atoms with E-state index in [1.54, 1.807) is 19.2 Å². The van der Waals surface area contributed by atoms with Crippen LogP contribution in [-0.2, 0) is 4.79 Å². The number of anilines is 1. The van der Waals surface area contributed by atoms with Crippen molar-refractivity contribution in [2.24, 2.45) is 0 Å². The molecule has 4 rings (SSSR count). The Morgan fingerprint density at radius 3 is 2.73 bits per heavy atom. The highest BCUT2D eigenvalue weighted by molar-refractivity contribution is 7.14. The van der Waals surface area contributed by atoms with Crippen LogP contribution in [0.15, 0.2) is 57.6 Å². The number of fused-ring (bicyclic) bond motifs is 1. The molecule has 0 aliphatic carbocycles. The molecule has 172 valence electrons. The highest BCUT2D eigenvalue weighted by atomic mass is 32.1. The van der Waals surface area contributed by atoms with Crippen molar-refractivity contribution in [3.8, 4) is 11.5 Å². The van der Waals surface area contributed by atoms with Crippen molar-refractivity contribution < 1.29 is 24.2 Å². The zero-order valence-corrected chi connectivity index (χ0v) is 19.5. The van der Waals surface area contributed by atoms with Crippen LogP contribution in [0.4, 0.5) is 5.13 Å². The quantitative estimate of drug-likeness (QED) is 0.376. The van der Waals surface area contributed by atoms with Crippen molar-refractivity contribution in [3.05, 3.63) is 58.1 Å². The van der Waals surface area contributed by atoms with E-state index < -0.39 is 12.7 Å². The Morgan fingerprint density at radius 1 is 1.18 bits per heavy atom. The van der Waals surface area contributed by atoms with E-state index in [4.69, 9.17) is 9.52 Å². The van der Waals surface area contributed by atoms with E-state index in [9.17, 15) is 14.7 Å². The van der Waals surface area contributed by atoms with Crippen LogP contribution < -0.4 is 4.90 Å². The van der Waals surface area contributed by atoms with Gasteiger partial charge in [0, 0.05) is 37.3 Å². The second-order valence-electron chi connectivity index (χ2n) is 7.46. The monoisotopic (exact) mass is 485 g/mol. The first-order valence-electron chi connectivity index (χ1n) is 10.3. The normalized spacial score (nSPS) is 12.1. The third-order valence-electron chi connectivity index (χ3n) is 5.05. The van der Waals surface area contributed by atoms with Crippen LogP contribution in [0.1, 0.15) is 16.1 Å². The van der Waals surface area contributed by atoms with E-state index in [0.717, 1.165) is 11.0 Å². The number of carbonyl (C=O) groups is 2. The van der Waals surface area contributed by atoms with Gasteiger partial charge in [-0.3, -0.25) is 14.5 Å². The summed E-state index contributed by atoms with van der Waals surface area (Å²) < 4.78 is 5.90. The molecule has 3 aromatic heterocycles. The lowest BCUT2D eigenvalue weighted by Gasteiger charge is -2.23. The Bertz CT molecular complexity index is 1200. The number of aliphatic hydroxyl groups is 2. The minimum atomic E-state index is -1.01. The van der Waals surface area contributed by atoms with Crippen molar-refractivity contribution in [1.29, 1.82) is 0 Å². The molecule has 2 N–H and O–H groups in total. The van der Waals surface area contributed by atoms with Gasteiger partial charge in [0.15, 0.2) is 10.9 Å². The van der Waals surface area contributed by atoms with Crippen LogP contribution in [0.5, 0.6) is 0 Å². The largest absolute Gasteiger partial charge is 0.454 e. The number of para-hydroxylation sites is 1. The molecule has 10 heteroatoms. The maximum Gasteiger partial charge on any atom is 0.270 e. The molecule has 0 aliphatic rings. The zero-order chi connectivity index (χ0) is 23.4. The van der Waals surface area contributed by atoms with E-state index >= 15 is 0 Å². The van der Waals surface area contributed by atoms with Crippen molar-refractivity contribution in [3.63, 3.8) is 0 Å². The van der Waals surface area contributed by atoms with E-state index in [1.807, 2.05) is 41.1 Å². The average Bonchev–Trinajstić information content (AvgIpc) is 3.58. The fourth-order valence-corrected chi connectivity index (χ4v) is 4.81. The number of furan rings is 1. The number of hydrogen-bond acceptors (Lipinski definition) is 8. The van der Waals surface area contributed by atoms with Crippen molar-refractivity contribution in [2.45, 2.75) is 12.5 Å². The van der Waals surface area contributed by atoms with Crippen LogP contribution in [0.25, 0.3) is 22.4 Å². The van der Waals surface area contributed by atoms with Gasteiger partial charge in [-0.15, -0.1) is 22.7 Å². The molecule has 1 atom stereocenters. The predicted octanol–water partition coefficient (Wildman–Crippen LogP) is 3.47. The average molecular weight is 486 g/mol. The molecule has 8 nitrogen and oxygen atoms in total. The summed E-state index contributed by atoms with van der Waals surface area (Å²) in [4.78, 5) is 33.7. The van der Waals surface area contributed by atoms with Crippen LogP contribution in [0.2, 0.25) is 0 Å². The summed E-state index contributed by atoms with van der Waals surface area (Å²) in [5, 5.41) is 23.7. The highest BCUT2D eigenvalue weighted by Gasteiger charge is 2.24. The number of rotatable bonds is 9. The first-order chi connectivity index (χ1) is 16.0. The number of benzene rings is 1. The van der Waals surface area contributed by atoms with Crippen molar-refractivity contribution >= 4 is 50.6 Å². The topological polar surface area (TPSA) is 107 Å². The maximum absolute atomic E-state index is 13.2. The minimum Gasteiger partial charge on any atom is -0.454 e. The molecule has 0 aliphatic heterocycles. The first-order valence-corrected chi connectivity index (χ1v) is 12.0. The molecule has 4 aromatic rings. The number of thiazole rings is 1. The van der Waals surface area contributed by atoms with Gasteiger partial charge >= 0.3 is 0 Å². The SMILES string of the molecule is CN(CC(O)CO)C(=O)CCN(C(=O)c1cccs1)c1nc(-c2cc3ccccc3o2)cs1. The molecule has 0 bridgehead atoms. The molecule has 33 heavy (non-hydrogen) atoms. The van der Waals surface area contributed by atoms with Gasteiger partial charge in [0.05, 0.1) is 17.6 Å². The summed E-state index contributed by atoms with van der Waals surface area (Å²) in [5.41, 5.74) is 1.37. The highest BCUT2D eigenvalue weighted by Crippen LogP contribution is 2.32. The number of aliphatic hydroxyl groups excluding tert-OH is 2. The molecule has 1 aromatic carbocycles. The first kappa shape index (κ1) is 23.1. The molecule has 1 unspecified atom stereocenters. The summed E-state index contributed by atoms with van der Waals surface area (Å²) >= 11 is 2.63. The van der Waals surface area contributed by atoms with E-state index in [1.165, 1.54) is 32.5 Å². The zero-order valence-electron chi connectivity index (χ0n) is 17.9. The summed E-state index contributed by atoms with van der Waals surface area (Å²) in [6.45, 7) is -0.284. The number of thiophene rings is 1. The van der Waals surface area contributed by atoms with Gasteiger partial charge in [0.1, 0.15) is 11.3 Å². The number of carbonyl (C=O) groups excluding carboxylic acids is 2. The molecule has 3 heterocycles. The minimum absolute atomic E-state index is 0.0155. The number of likely N-dealkylation sites (N-methyl/N-ethyl adjacent to an activating group) is 1. The number of amides is 2. The fraction of sp³-hybridized carbons (Fsp3) is 0.261. The Kier molecular flexibility index (Phi) is 7.19. The summed E-state index contributed by atoms with van der Waals surface area (Å²) in [6.07, 6.45) is -0.959. The van der Waals surface area contributed by atoms with Crippen LogP contribution in [-0.4, -0.2) is 64.8 Å². The van der Waals surface area contributed by atoms with Crippen LogP contribution in [0.3, 0.4) is 0 Å². The second kappa shape index (κ2) is 10.3. The van der Waals surface area contributed by atoms with E-state index in [0.29, 0.717) is 21.5 Å². The van der Waals surface area contributed by atoms with Gasteiger partial charge < -0.3 is 19.5 Å². The van der Waals surface area contributed by atoms with Gasteiger partial charge in [-0.25, -0.2) is 4.98 Å². The predicted molar refractivity (Wildman–Crippen MR) is 129 cm³/mol. The Hall–Kier alpha value is -3.05. The second-order valence-corrected chi connectivity index (χ2v) is 9.24. The maximum atomic E-state index is 13.2. The molecule has 0 radical (unpaired) electrons. The van der Waals surface area contributed by atoms with Crippen LogP contribution >= 0.6 is 22.7 Å². The summed E-state index contributed by atoms with van der Waals surface area (Å²) in [5.74, 6) is 0.123. The number of nitrogens with zero attached hydrogens (tertiary/aromatic N) is 3. The Labute approximate surface area is 198 Å². The summed E-state index contributed by atoms with van der Waals surface area (Å²) in [6, 6.07) is 13.1. The number of aromatic nitrogens is 1. The molecule has 0 spiro atoms. The standard InChI is InChI=1S/C23H23N3O5S2/c1-25(12-16(28)13-27)21(29)8-9-26(22(30)20-7-4-10-32-20)23-24-17(14-33-23)19-11-15-5-2-3-6-18(15)31-19/h2-7,10-11,14,16,27-28H,8-9,12-13H2,1H3. The molecule has 0 fully saturated rings. The van der Waals surface area contributed by atoms with Crippen molar-refractivity contribution in [2.75, 3.05) is 31.6 Å².